The van der Waals surface area contributed by atoms with Crippen molar-refractivity contribution in [2.75, 3.05) is 6.61 Å². The van der Waals surface area contributed by atoms with E-state index in [9.17, 15) is 4.79 Å². The zero-order valence-electron chi connectivity index (χ0n) is 17.8. The molecular formula is C24H20Cl3IN2O3. The van der Waals surface area contributed by atoms with Crippen molar-refractivity contribution in [3.05, 3.63) is 89.4 Å². The van der Waals surface area contributed by atoms with Gasteiger partial charge in [-0.1, -0.05) is 46.9 Å². The summed E-state index contributed by atoms with van der Waals surface area (Å²) in [6, 6.07) is 14.0. The predicted octanol–water partition coefficient (Wildman–Crippen LogP) is 7.30. The number of carbonyl (C=O) groups is 1. The third-order valence-corrected chi connectivity index (χ3v) is 6.33. The van der Waals surface area contributed by atoms with Crippen LogP contribution in [0.15, 0.2) is 53.6 Å². The largest absolute Gasteiger partial charge is 0.490 e. The van der Waals surface area contributed by atoms with E-state index in [1.54, 1.807) is 36.4 Å². The topological polar surface area (TPSA) is 59.9 Å². The highest BCUT2D eigenvalue weighted by Crippen LogP contribution is 2.35. The van der Waals surface area contributed by atoms with E-state index in [0.29, 0.717) is 38.7 Å². The monoisotopic (exact) mass is 616 g/mol. The average molecular weight is 618 g/mol. The molecule has 0 unspecified atom stereocenters. The van der Waals surface area contributed by atoms with Gasteiger partial charge in [-0.3, -0.25) is 4.79 Å². The summed E-state index contributed by atoms with van der Waals surface area (Å²) in [5.74, 6) is 0.805. The lowest BCUT2D eigenvalue weighted by molar-refractivity contribution is 0.0955. The van der Waals surface area contributed by atoms with Crippen molar-refractivity contribution in [2.45, 2.75) is 20.5 Å². The molecule has 9 heteroatoms. The van der Waals surface area contributed by atoms with Gasteiger partial charge in [0.15, 0.2) is 11.5 Å². The van der Waals surface area contributed by atoms with Gasteiger partial charge in [0.05, 0.1) is 16.4 Å². The quantitative estimate of drug-likeness (QED) is 0.164. The number of nitrogens with one attached hydrogen (secondary N) is 1. The molecule has 0 radical (unpaired) electrons. The van der Waals surface area contributed by atoms with Gasteiger partial charge >= 0.3 is 0 Å². The summed E-state index contributed by atoms with van der Waals surface area (Å²) in [6.45, 7) is 4.48. The number of nitrogens with zero attached hydrogens (tertiary/aromatic N) is 1. The van der Waals surface area contributed by atoms with Gasteiger partial charge in [0.2, 0.25) is 0 Å². The number of rotatable bonds is 8. The zero-order valence-corrected chi connectivity index (χ0v) is 22.2. The number of hydrogen-bond donors (Lipinski definition) is 1. The zero-order chi connectivity index (χ0) is 24.0. The maximum absolute atomic E-state index is 12.3. The fourth-order valence-electron chi connectivity index (χ4n) is 2.82. The Labute approximate surface area is 221 Å². The predicted molar refractivity (Wildman–Crippen MR) is 142 cm³/mol. The van der Waals surface area contributed by atoms with Crippen molar-refractivity contribution >= 4 is 69.5 Å². The SMILES string of the molecule is CCOc1cc(/C=N\NC(=O)c2ccc(C)c(Cl)c2)cc(I)c1OCc1ccc(Cl)cc1Cl. The third kappa shape index (κ3) is 6.99. The van der Waals surface area contributed by atoms with Crippen LogP contribution in [0.5, 0.6) is 11.5 Å². The smallest absolute Gasteiger partial charge is 0.271 e. The number of carbonyl (C=O) groups excluding carboxylic acids is 1. The molecule has 3 rings (SSSR count). The molecule has 3 aromatic rings. The van der Waals surface area contributed by atoms with Crippen LogP contribution in [-0.2, 0) is 6.61 Å². The van der Waals surface area contributed by atoms with E-state index in [4.69, 9.17) is 44.3 Å². The number of hydrazone groups is 1. The molecule has 1 N–H and O–H groups in total. The first-order valence-electron chi connectivity index (χ1n) is 9.91. The van der Waals surface area contributed by atoms with Gasteiger partial charge in [0.25, 0.3) is 5.91 Å². The molecule has 172 valence electrons. The minimum atomic E-state index is -0.354. The van der Waals surface area contributed by atoms with Gasteiger partial charge < -0.3 is 9.47 Å². The van der Waals surface area contributed by atoms with Crippen LogP contribution in [0.25, 0.3) is 0 Å². The maximum atomic E-state index is 12.3. The van der Waals surface area contributed by atoms with Crippen molar-refractivity contribution in [3.63, 3.8) is 0 Å². The highest BCUT2D eigenvalue weighted by molar-refractivity contribution is 14.1. The van der Waals surface area contributed by atoms with E-state index in [0.717, 1.165) is 20.3 Å². The lowest BCUT2D eigenvalue weighted by atomic mass is 10.1. The van der Waals surface area contributed by atoms with E-state index in [-0.39, 0.29) is 12.5 Å². The Morgan fingerprint density at radius 1 is 1.06 bits per heavy atom. The number of hydrogen-bond acceptors (Lipinski definition) is 4. The lowest BCUT2D eigenvalue weighted by Gasteiger charge is -2.15. The number of benzene rings is 3. The summed E-state index contributed by atoms with van der Waals surface area (Å²) in [4.78, 5) is 12.3. The molecule has 0 aliphatic heterocycles. The Kier molecular flexibility index (Phi) is 9.26. The molecule has 5 nitrogen and oxygen atoms in total. The van der Waals surface area contributed by atoms with Crippen LogP contribution in [-0.4, -0.2) is 18.7 Å². The van der Waals surface area contributed by atoms with E-state index >= 15 is 0 Å². The van der Waals surface area contributed by atoms with E-state index in [2.05, 4.69) is 33.1 Å². The normalized spacial score (nSPS) is 11.0. The second-order valence-corrected chi connectivity index (χ2v) is 9.36. The molecule has 0 saturated carbocycles. The number of aryl methyl sites for hydroxylation is 1. The van der Waals surface area contributed by atoms with Crippen LogP contribution in [0, 0.1) is 10.5 Å². The average Bonchev–Trinajstić information content (AvgIpc) is 2.76. The highest BCUT2D eigenvalue weighted by Gasteiger charge is 2.13. The molecule has 0 aliphatic carbocycles. The first-order chi connectivity index (χ1) is 15.8. The van der Waals surface area contributed by atoms with Crippen molar-refractivity contribution < 1.29 is 14.3 Å². The van der Waals surface area contributed by atoms with Gasteiger partial charge in [0, 0.05) is 26.2 Å². The van der Waals surface area contributed by atoms with E-state index < -0.39 is 0 Å². The molecule has 0 heterocycles. The highest BCUT2D eigenvalue weighted by atomic mass is 127. The third-order valence-electron chi connectivity index (χ3n) is 4.53. The Morgan fingerprint density at radius 3 is 2.55 bits per heavy atom. The standard InChI is InChI=1S/C24H20Cl3IN2O3/c1-3-32-22-9-15(12-29-30-24(31)16-5-4-14(2)19(26)10-16)8-21(28)23(22)33-13-17-6-7-18(25)11-20(17)27/h4-12H,3,13H2,1-2H3,(H,30,31)/b29-12-. The first-order valence-corrected chi connectivity index (χ1v) is 12.1. The Morgan fingerprint density at radius 2 is 1.85 bits per heavy atom. The fourth-order valence-corrected chi connectivity index (χ4v) is 4.24. The Bertz CT molecular complexity index is 1200. The molecule has 0 aliphatic rings. The Hall–Kier alpha value is -2.00. The fraction of sp³-hybridized carbons (Fsp3) is 0.167. The van der Waals surface area contributed by atoms with Crippen LogP contribution in [0.2, 0.25) is 15.1 Å². The van der Waals surface area contributed by atoms with E-state index in [1.165, 1.54) is 6.21 Å². The first kappa shape index (κ1) is 25.6. The molecule has 33 heavy (non-hydrogen) atoms. The van der Waals surface area contributed by atoms with Gasteiger partial charge in [-0.25, -0.2) is 5.43 Å². The molecular weight excluding hydrogens is 598 g/mol. The summed E-state index contributed by atoms with van der Waals surface area (Å²) >= 11 is 20.5. The van der Waals surface area contributed by atoms with Crippen LogP contribution in [0.3, 0.4) is 0 Å². The summed E-state index contributed by atoms with van der Waals surface area (Å²) in [7, 11) is 0. The molecule has 0 spiro atoms. The minimum absolute atomic E-state index is 0.259. The summed E-state index contributed by atoms with van der Waals surface area (Å²) in [5.41, 5.74) is 5.38. The van der Waals surface area contributed by atoms with Gasteiger partial charge in [-0.15, -0.1) is 0 Å². The molecule has 0 fully saturated rings. The number of halogens is 4. The Balaban J connectivity index is 1.74. The summed E-state index contributed by atoms with van der Waals surface area (Å²) in [5, 5.41) is 5.68. The van der Waals surface area contributed by atoms with Gasteiger partial charge in [-0.05, 0) is 84.0 Å². The van der Waals surface area contributed by atoms with Gasteiger partial charge in [0.1, 0.15) is 6.61 Å². The molecule has 0 aromatic heterocycles. The van der Waals surface area contributed by atoms with Crippen molar-refractivity contribution in [2.24, 2.45) is 5.10 Å². The van der Waals surface area contributed by atoms with Gasteiger partial charge in [-0.2, -0.15) is 5.10 Å². The molecule has 3 aromatic carbocycles. The summed E-state index contributed by atoms with van der Waals surface area (Å²) in [6.07, 6.45) is 1.54. The summed E-state index contributed by atoms with van der Waals surface area (Å²) < 4.78 is 12.6. The second-order valence-electron chi connectivity index (χ2n) is 6.95. The minimum Gasteiger partial charge on any atom is -0.490 e. The van der Waals surface area contributed by atoms with Crippen molar-refractivity contribution in [1.82, 2.24) is 5.43 Å². The van der Waals surface area contributed by atoms with Crippen molar-refractivity contribution in [3.8, 4) is 11.5 Å². The molecule has 1 amide bonds. The van der Waals surface area contributed by atoms with Crippen LogP contribution < -0.4 is 14.9 Å². The molecule has 0 saturated heterocycles. The number of amides is 1. The maximum Gasteiger partial charge on any atom is 0.271 e. The van der Waals surface area contributed by atoms with Crippen LogP contribution >= 0.6 is 57.4 Å². The lowest BCUT2D eigenvalue weighted by Crippen LogP contribution is -2.17. The second kappa shape index (κ2) is 11.9. The molecule has 0 atom stereocenters. The van der Waals surface area contributed by atoms with Crippen LogP contribution in [0.1, 0.15) is 34.0 Å². The van der Waals surface area contributed by atoms with Crippen LogP contribution in [0.4, 0.5) is 0 Å². The van der Waals surface area contributed by atoms with Crippen molar-refractivity contribution in [1.29, 1.82) is 0 Å². The van der Waals surface area contributed by atoms with E-state index in [1.807, 2.05) is 26.0 Å². The molecule has 0 bridgehead atoms. The number of ether oxygens (including phenoxy) is 2.